The van der Waals surface area contributed by atoms with Crippen molar-refractivity contribution in [2.45, 2.75) is 86.8 Å². The predicted molar refractivity (Wildman–Crippen MR) is 141 cm³/mol. The third-order valence-electron chi connectivity index (χ3n) is 7.95. The number of nitrogens with one attached hydrogen (secondary N) is 1. The highest BCUT2D eigenvalue weighted by molar-refractivity contribution is 7.91. The third-order valence-corrected chi connectivity index (χ3v) is 9.91. The Morgan fingerprint density at radius 2 is 1.76 bits per heavy atom. The van der Waals surface area contributed by atoms with Crippen molar-refractivity contribution in [3.8, 4) is 5.75 Å². The van der Waals surface area contributed by atoms with Gasteiger partial charge >= 0.3 is 5.97 Å². The van der Waals surface area contributed by atoms with Gasteiger partial charge in [-0.2, -0.15) is 0 Å². The number of rotatable bonds is 8. The maximum atomic E-state index is 13.9. The Labute approximate surface area is 223 Å². The van der Waals surface area contributed by atoms with Gasteiger partial charge in [0.1, 0.15) is 24.1 Å². The van der Waals surface area contributed by atoms with Crippen molar-refractivity contribution in [3.63, 3.8) is 0 Å². The van der Waals surface area contributed by atoms with E-state index in [0.717, 1.165) is 18.4 Å². The highest BCUT2D eigenvalue weighted by atomic mass is 32.2. The van der Waals surface area contributed by atoms with Crippen molar-refractivity contribution in [3.05, 3.63) is 59.7 Å². The van der Waals surface area contributed by atoms with Crippen molar-refractivity contribution in [1.82, 2.24) is 5.32 Å². The van der Waals surface area contributed by atoms with E-state index < -0.39 is 51.7 Å². The second-order valence-corrected chi connectivity index (χ2v) is 12.5. The lowest BCUT2D eigenvalue weighted by atomic mass is 9.81. The van der Waals surface area contributed by atoms with Gasteiger partial charge in [-0.05, 0) is 36.1 Å². The minimum absolute atomic E-state index is 0.0890. The Bertz CT molecular complexity index is 1240. The van der Waals surface area contributed by atoms with Gasteiger partial charge in [-0.25, -0.2) is 8.42 Å². The van der Waals surface area contributed by atoms with Crippen LogP contribution < -0.4 is 10.1 Å². The molecule has 0 amide bonds. The van der Waals surface area contributed by atoms with Gasteiger partial charge in [0.05, 0.1) is 28.7 Å². The van der Waals surface area contributed by atoms with E-state index in [-0.39, 0.29) is 28.9 Å². The molecule has 208 valence electrons. The molecule has 38 heavy (non-hydrogen) atoms. The van der Waals surface area contributed by atoms with E-state index in [0.29, 0.717) is 18.4 Å². The number of aliphatic hydroxyl groups excluding tert-OH is 3. The number of hydrogen-bond donors (Lipinski definition) is 5. The minimum Gasteiger partial charge on any atom is -0.488 e. The molecule has 1 aliphatic carbocycles. The summed E-state index contributed by atoms with van der Waals surface area (Å²) < 4.78 is 33.6. The fourth-order valence-corrected chi connectivity index (χ4v) is 7.80. The number of unbranched alkanes of at least 4 members (excludes halogenated alkanes) is 1. The van der Waals surface area contributed by atoms with Crippen molar-refractivity contribution in [2.75, 3.05) is 5.75 Å². The molecule has 0 spiro atoms. The third kappa shape index (κ3) is 5.60. The first kappa shape index (κ1) is 28.5. The largest absolute Gasteiger partial charge is 0.488 e. The first-order chi connectivity index (χ1) is 18.0. The molecule has 0 radical (unpaired) electrons. The summed E-state index contributed by atoms with van der Waals surface area (Å²) >= 11 is 0. The second-order valence-electron chi connectivity index (χ2n) is 10.5. The molecule has 4 rings (SSSR count). The van der Waals surface area contributed by atoms with Gasteiger partial charge in [-0.3, -0.25) is 10.1 Å². The normalized spacial score (nSPS) is 32.7. The van der Waals surface area contributed by atoms with E-state index in [4.69, 9.17) is 4.74 Å². The number of ether oxygens (including phenoxy) is 1. The first-order valence-corrected chi connectivity index (χ1v) is 14.8. The molecule has 2 aromatic carbocycles. The summed E-state index contributed by atoms with van der Waals surface area (Å²) in [7, 11) is -3.78. The van der Waals surface area contributed by atoms with E-state index in [2.05, 4.69) is 12.2 Å². The molecule has 1 saturated carbocycles. The molecule has 0 saturated heterocycles. The Morgan fingerprint density at radius 3 is 2.39 bits per heavy atom. The summed E-state index contributed by atoms with van der Waals surface area (Å²) in [6.07, 6.45) is -3.16. The molecule has 2 aromatic rings. The summed E-state index contributed by atoms with van der Waals surface area (Å²) in [5.74, 6) is -2.61. The number of aliphatic hydroxyl groups is 3. The van der Waals surface area contributed by atoms with Crippen LogP contribution in [0.5, 0.6) is 5.75 Å². The smallest absolute Gasteiger partial charge is 0.309 e. The van der Waals surface area contributed by atoms with Crippen LogP contribution in [0.3, 0.4) is 0 Å². The zero-order chi connectivity index (χ0) is 27.7. The average molecular weight is 548 g/mol. The summed E-state index contributed by atoms with van der Waals surface area (Å²) in [5, 5.41) is 43.9. The Morgan fingerprint density at radius 1 is 1.05 bits per heavy atom. The number of benzene rings is 2. The van der Waals surface area contributed by atoms with Crippen LogP contribution in [0.1, 0.15) is 63.1 Å². The summed E-state index contributed by atoms with van der Waals surface area (Å²) in [4.78, 5) is 11.7. The fourth-order valence-electron chi connectivity index (χ4n) is 5.64. The molecule has 9 nitrogen and oxygen atoms in total. The van der Waals surface area contributed by atoms with Crippen LogP contribution in [-0.4, -0.2) is 70.5 Å². The van der Waals surface area contributed by atoms with Crippen LogP contribution in [0.15, 0.2) is 53.4 Å². The lowest BCUT2D eigenvalue weighted by Gasteiger charge is -2.38. The van der Waals surface area contributed by atoms with Crippen LogP contribution >= 0.6 is 0 Å². The summed E-state index contributed by atoms with van der Waals surface area (Å²) in [6.45, 7) is 4.07. The monoisotopic (exact) mass is 547 g/mol. The molecule has 1 fully saturated rings. The van der Waals surface area contributed by atoms with Gasteiger partial charge in [0, 0.05) is 12.0 Å². The lowest BCUT2D eigenvalue weighted by molar-refractivity contribution is -0.174. The molecule has 7 atom stereocenters. The molecule has 1 heterocycles. The highest BCUT2D eigenvalue weighted by Crippen LogP contribution is 2.40. The van der Waals surface area contributed by atoms with Crippen molar-refractivity contribution in [2.24, 2.45) is 5.92 Å². The number of hydrogen-bond acceptors (Lipinski definition) is 8. The number of aliphatic carboxylic acids is 1. The molecule has 0 aromatic heterocycles. The molecular weight excluding hydrogens is 510 g/mol. The molecule has 0 bridgehead atoms. The molecule has 5 N–H and O–H groups in total. The topological polar surface area (TPSA) is 153 Å². The number of fused-ring (bicyclic) bond motifs is 1. The molecule has 10 heteroatoms. The predicted octanol–water partition coefficient (Wildman–Crippen LogP) is 2.43. The van der Waals surface area contributed by atoms with E-state index >= 15 is 0 Å². The SMILES string of the molecule is CCCCC1(CC)CS(=O)(=O)c2cc(OC3C[C@H](C(=O)O)[C@@H](O)[C@H](O)[C@H]3O)ccc2C(c2ccccc2)N1. The van der Waals surface area contributed by atoms with E-state index in [9.17, 15) is 33.6 Å². The molecular formula is C28H37NO8S. The van der Waals surface area contributed by atoms with Gasteiger partial charge in [0.15, 0.2) is 9.84 Å². The van der Waals surface area contributed by atoms with Gasteiger partial charge in [-0.1, -0.05) is 63.1 Å². The number of sulfone groups is 1. The number of carboxylic acid groups (broad SMARTS) is 1. The first-order valence-electron chi connectivity index (χ1n) is 13.1. The van der Waals surface area contributed by atoms with E-state index in [1.54, 1.807) is 12.1 Å². The van der Waals surface area contributed by atoms with Gasteiger partial charge in [-0.15, -0.1) is 0 Å². The average Bonchev–Trinajstić information content (AvgIpc) is 3.00. The van der Waals surface area contributed by atoms with Crippen LogP contribution in [0.4, 0.5) is 0 Å². The zero-order valence-electron chi connectivity index (χ0n) is 21.7. The second kappa shape index (κ2) is 11.3. The van der Waals surface area contributed by atoms with Crippen LogP contribution in [0.25, 0.3) is 0 Å². The summed E-state index contributed by atoms with van der Waals surface area (Å²) in [6, 6.07) is 14.0. The summed E-state index contributed by atoms with van der Waals surface area (Å²) in [5.41, 5.74) is 0.876. The maximum Gasteiger partial charge on any atom is 0.309 e. The Hall–Kier alpha value is -2.50. The number of carboxylic acids is 1. The van der Waals surface area contributed by atoms with Crippen LogP contribution in [-0.2, 0) is 14.6 Å². The molecule has 1 aliphatic heterocycles. The number of carbonyl (C=O) groups is 1. The molecule has 2 aliphatic rings. The Balaban J connectivity index is 1.75. The van der Waals surface area contributed by atoms with E-state index in [1.165, 1.54) is 6.07 Å². The van der Waals surface area contributed by atoms with Crippen LogP contribution in [0.2, 0.25) is 0 Å². The standard InChI is InChI=1S/C28H37NO8S/c1-3-5-13-28(4-2)16-38(35,36)22-14-18(11-12-19(22)23(29-28)17-9-7-6-8-10-17)37-21-15-20(27(33)34)24(30)26(32)25(21)31/h6-12,14,20-21,23-26,29-32H,3-5,13,15-16H2,1-2H3,(H,33,34)/t20-,21?,23?,24+,25-,26-,28?/m0/s1. The van der Waals surface area contributed by atoms with Gasteiger partial charge in [0.2, 0.25) is 0 Å². The molecule has 3 unspecified atom stereocenters. The van der Waals surface area contributed by atoms with Crippen molar-refractivity contribution >= 4 is 15.8 Å². The van der Waals surface area contributed by atoms with Crippen molar-refractivity contribution < 1.29 is 38.4 Å². The van der Waals surface area contributed by atoms with Gasteiger partial charge < -0.3 is 25.2 Å². The van der Waals surface area contributed by atoms with E-state index in [1.807, 2.05) is 37.3 Å². The highest BCUT2D eigenvalue weighted by Gasteiger charge is 2.47. The zero-order valence-corrected chi connectivity index (χ0v) is 22.5. The quantitative estimate of drug-likeness (QED) is 0.335. The van der Waals surface area contributed by atoms with Crippen LogP contribution in [0, 0.1) is 5.92 Å². The Kier molecular flexibility index (Phi) is 8.49. The van der Waals surface area contributed by atoms with Gasteiger partial charge in [0.25, 0.3) is 0 Å². The minimum atomic E-state index is -3.78. The maximum absolute atomic E-state index is 13.9. The lowest BCUT2D eigenvalue weighted by Crippen LogP contribution is -2.57. The van der Waals surface area contributed by atoms with Crippen molar-refractivity contribution in [1.29, 1.82) is 0 Å². The fraction of sp³-hybridized carbons (Fsp3) is 0.536.